The Morgan fingerprint density at radius 3 is 2.69 bits per heavy atom. The van der Waals surface area contributed by atoms with Crippen molar-refractivity contribution in [3.05, 3.63) is 35.4 Å². The number of benzene rings is 1. The molecule has 0 aromatic heterocycles. The third kappa shape index (κ3) is 2.34. The van der Waals surface area contributed by atoms with E-state index in [0.29, 0.717) is 0 Å². The Kier molecular flexibility index (Phi) is 3.72. The monoisotopic (exact) mass is 254 g/mol. The predicted molar refractivity (Wildman–Crippen MR) is 71.5 cm³/mol. The van der Waals surface area contributed by atoms with Crippen LogP contribution in [0.25, 0.3) is 0 Å². The van der Waals surface area contributed by atoms with Crippen LogP contribution >= 0.6 is 11.6 Å². The van der Waals surface area contributed by atoms with E-state index in [1.807, 2.05) is 0 Å². The molecule has 0 amide bonds. The Morgan fingerprint density at radius 2 is 2.06 bits per heavy atom. The summed E-state index contributed by atoms with van der Waals surface area (Å²) in [6.07, 6.45) is 2.48. The first-order valence-electron chi connectivity index (χ1n) is 5.99. The lowest BCUT2D eigenvalue weighted by atomic mass is 10.1. The summed E-state index contributed by atoms with van der Waals surface area (Å²) in [7, 11) is -1.32. The number of alkyl halides is 1. The van der Waals surface area contributed by atoms with Gasteiger partial charge in [-0.2, -0.15) is 0 Å². The topological polar surface area (TPSA) is 9.23 Å². The molecule has 0 saturated carbocycles. The molecule has 88 valence electrons. The van der Waals surface area contributed by atoms with Crippen molar-refractivity contribution in [3.63, 3.8) is 0 Å². The zero-order chi connectivity index (χ0) is 11.6. The minimum Gasteiger partial charge on any atom is -0.418 e. The lowest BCUT2D eigenvalue weighted by Gasteiger charge is -2.34. The van der Waals surface area contributed by atoms with Crippen LogP contribution in [0.3, 0.4) is 0 Å². The molecule has 1 aromatic rings. The molecule has 2 unspecified atom stereocenters. The quantitative estimate of drug-likeness (QED) is 0.580. The summed E-state index contributed by atoms with van der Waals surface area (Å²) >= 11 is 6.78. The van der Waals surface area contributed by atoms with Crippen LogP contribution in [0.1, 0.15) is 30.9 Å². The first-order valence-corrected chi connectivity index (χ1v) is 8.23. The van der Waals surface area contributed by atoms with E-state index >= 15 is 0 Å². The number of aryl methyl sites for hydroxylation is 1. The number of halogens is 1. The second kappa shape index (κ2) is 4.90. The van der Waals surface area contributed by atoms with Gasteiger partial charge in [-0.15, -0.1) is 11.6 Å². The minimum atomic E-state index is -1.32. The average molecular weight is 255 g/mol. The van der Waals surface area contributed by atoms with Gasteiger partial charge in [-0.25, -0.2) is 0 Å². The van der Waals surface area contributed by atoms with Gasteiger partial charge in [-0.1, -0.05) is 30.7 Å². The number of hydrogen-bond acceptors (Lipinski definition) is 1. The van der Waals surface area contributed by atoms with Crippen LogP contribution in [0.2, 0.25) is 6.04 Å². The molecule has 1 fully saturated rings. The summed E-state index contributed by atoms with van der Waals surface area (Å²) in [6, 6.07) is 9.62. The van der Waals surface area contributed by atoms with Crippen molar-refractivity contribution in [1.82, 2.24) is 0 Å². The largest absolute Gasteiger partial charge is 0.418 e. The van der Waals surface area contributed by atoms with Crippen LogP contribution in [-0.2, 0) is 8.92 Å². The van der Waals surface area contributed by atoms with Gasteiger partial charge in [0.1, 0.15) is 0 Å². The van der Waals surface area contributed by atoms with Crippen molar-refractivity contribution in [1.29, 1.82) is 0 Å². The second-order valence-electron chi connectivity index (χ2n) is 4.75. The maximum Gasteiger partial charge on any atom is 0.201 e. The van der Waals surface area contributed by atoms with Gasteiger partial charge in [-0.05, 0) is 37.4 Å². The van der Waals surface area contributed by atoms with Gasteiger partial charge >= 0.3 is 0 Å². The molecule has 3 heteroatoms. The zero-order valence-electron chi connectivity index (χ0n) is 10.0. The van der Waals surface area contributed by atoms with Crippen molar-refractivity contribution < 1.29 is 4.43 Å². The molecule has 0 aliphatic carbocycles. The Labute approximate surface area is 104 Å². The molecular weight excluding hydrogens is 236 g/mol. The predicted octanol–water partition coefficient (Wildman–Crippen LogP) is 3.52. The third-order valence-corrected chi connectivity index (χ3v) is 7.48. The summed E-state index contributed by atoms with van der Waals surface area (Å²) < 4.78 is 5.70. The van der Waals surface area contributed by atoms with E-state index in [2.05, 4.69) is 38.1 Å². The fraction of sp³-hybridized carbons (Fsp3) is 0.538. The summed E-state index contributed by atoms with van der Waals surface area (Å²) in [5.41, 5.74) is 2.54. The molecule has 1 aliphatic rings. The Hall–Kier alpha value is -0.313. The Balaban J connectivity index is 2.26. The zero-order valence-corrected chi connectivity index (χ0v) is 11.9. The van der Waals surface area contributed by atoms with E-state index in [-0.39, 0.29) is 4.50 Å². The molecule has 1 nitrogen and oxygen atoms in total. The summed E-state index contributed by atoms with van der Waals surface area (Å²) in [5.74, 6) is 0. The van der Waals surface area contributed by atoms with Crippen LogP contribution in [-0.4, -0.2) is 15.6 Å². The fourth-order valence-corrected chi connectivity index (χ4v) is 5.99. The van der Waals surface area contributed by atoms with Crippen LogP contribution < -0.4 is 0 Å². The van der Waals surface area contributed by atoms with Crippen molar-refractivity contribution in [3.8, 4) is 0 Å². The van der Waals surface area contributed by atoms with Crippen LogP contribution in [0.15, 0.2) is 24.3 Å². The molecule has 1 heterocycles. The summed E-state index contributed by atoms with van der Waals surface area (Å²) in [6.45, 7) is 5.18. The van der Waals surface area contributed by atoms with Crippen molar-refractivity contribution in [2.45, 2.75) is 37.2 Å². The van der Waals surface area contributed by atoms with E-state index in [1.165, 1.54) is 30.0 Å². The van der Waals surface area contributed by atoms with Gasteiger partial charge < -0.3 is 4.43 Å². The lowest BCUT2D eigenvalue weighted by molar-refractivity contribution is 0.277. The van der Waals surface area contributed by atoms with Crippen molar-refractivity contribution in [2.24, 2.45) is 0 Å². The van der Waals surface area contributed by atoms with E-state index in [0.717, 1.165) is 6.61 Å². The highest BCUT2D eigenvalue weighted by molar-refractivity contribution is 6.66. The third-order valence-electron chi connectivity index (χ3n) is 3.46. The molecule has 0 spiro atoms. The highest BCUT2D eigenvalue weighted by atomic mass is 35.5. The van der Waals surface area contributed by atoms with Crippen LogP contribution in [0, 0.1) is 6.92 Å². The Morgan fingerprint density at radius 1 is 1.31 bits per heavy atom. The first kappa shape index (κ1) is 12.2. The molecule has 2 rings (SSSR count). The molecule has 0 bridgehead atoms. The lowest BCUT2D eigenvalue weighted by Crippen LogP contribution is -2.41. The Bertz CT molecular complexity index is 359. The van der Waals surface area contributed by atoms with Gasteiger partial charge in [-0.3, -0.25) is 0 Å². The van der Waals surface area contributed by atoms with Gasteiger partial charge in [0.2, 0.25) is 9.04 Å². The normalized spacial score (nSPS) is 25.1. The highest BCUT2D eigenvalue weighted by Gasteiger charge is 2.38. The molecule has 16 heavy (non-hydrogen) atoms. The standard InChI is InChI=1S/C13H19ClOSi/c1-11-7-3-4-8-12(11)13(2,14)16-10-6-5-9-15-16/h3-4,7-8,16H,5-6,9-10H2,1-2H3. The van der Waals surface area contributed by atoms with E-state index in [9.17, 15) is 0 Å². The SMILES string of the molecule is Cc1ccccc1C(C)(Cl)[SiH]1CCCCO1. The van der Waals surface area contributed by atoms with Crippen molar-refractivity contribution in [2.75, 3.05) is 6.61 Å². The van der Waals surface area contributed by atoms with Gasteiger partial charge in [0.25, 0.3) is 0 Å². The molecule has 0 radical (unpaired) electrons. The first-order chi connectivity index (χ1) is 7.62. The van der Waals surface area contributed by atoms with E-state index < -0.39 is 9.04 Å². The second-order valence-corrected chi connectivity index (χ2v) is 8.94. The molecular formula is C13H19ClOSi. The highest BCUT2D eigenvalue weighted by Crippen LogP contribution is 2.37. The molecule has 1 aromatic carbocycles. The van der Waals surface area contributed by atoms with Crippen LogP contribution in [0.5, 0.6) is 0 Å². The minimum absolute atomic E-state index is 0.258. The number of hydrogen-bond donors (Lipinski definition) is 0. The van der Waals surface area contributed by atoms with Crippen LogP contribution in [0.4, 0.5) is 0 Å². The molecule has 1 aliphatic heterocycles. The van der Waals surface area contributed by atoms with Crippen molar-refractivity contribution >= 4 is 20.6 Å². The van der Waals surface area contributed by atoms with Gasteiger partial charge in [0.15, 0.2) is 0 Å². The van der Waals surface area contributed by atoms with E-state index in [1.54, 1.807) is 0 Å². The molecule has 1 saturated heterocycles. The maximum absolute atomic E-state index is 6.78. The smallest absolute Gasteiger partial charge is 0.201 e. The van der Waals surface area contributed by atoms with Gasteiger partial charge in [0, 0.05) is 6.61 Å². The average Bonchev–Trinajstić information content (AvgIpc) is 2.30. The maximum atomic E-state index is 6.78. The summed E-state index contributed by atoms with van der Waals surface area (Å²) in [4.78, 5) is 0. The van der Waals surface area contributed by atoms with E-state index in [4.69, 9.17) is 16.0 Å². The van der Waals surface area contributed by atoms with Gasteiger partial charge in [0.05, 0.1) is 4.50 Å². The molecule has 0 N–H and O–H groups in total. The fourth-order valence-electron chi connectivity index (χ4n) is 2.46. The number of rotatable bonds is 2. The summed E-state index contributed by atoms with van der Waals surface area (Å²) in [5, 5.41) is 0. The molecule has 2 atom stereocenters.